The van der Waals surface area contributed by atoms with E-state index in [4.69, 9.17) is 27.9 Å². The van der Waals surface area contributed by atoms with Crippen LogP contribution in [0.15, 0.2) is 72.9 Å². The van der Waals surface area contributed by atoms with E-state index < -0.39 is 23.8 Å². The van der Waals surface area contributed by atoms with Gasteiger partial charge in [-0.3, -0.25) is 29.4 Å². The lowest BCUT2D eigenvalue weighted by Gasteiger charge is -2.54. The summed E-state index contributed by atoms with van der Waals surface area (Å²) in [5.74, 6) is 0.179. The molecule has 13 nitrogen and oxygen atoms in total. The molecule has 61 heavy (non-hydrogen) atoms. The second kappa shape index (κ2) is 16.2. The van der Waals surface area contributed by atoms with Gasteiger partial charge in [0.05, 0.1) is 23.4 Å². The number of likely N-dealkylation sites (tertiary alicyclic amines) is 1. The largest absolute Gasteiger partial charge is 0.487 e. The van der Waals surface area contributed by atoms with Gasteiger partial charge in [0.2, 0.25) is 17.8 Å². The summed E-state index contributed by atoms with van der Waals surface area (Å²) in [6, 6.07) is 19.9. The van der Waals surface area contributed by atoms with Gasteiger partial charge in [-0.2, -0.15) is 0 Å². The van der Waals surface area contributed by atoms with Gasteiger partial charge in [0.15, 0.2) is 5.69 Å². The first kappa shape index (κ1) is 40.6. The molecule has 5 aliphatic rings. The summed E-state index contributed by atoms with van der Waals surface area (Å²) >= 11 is 6.31. The number of anilines is 2. The zero-order valence-corrected chi connectivity index (χ0v) is 35.3. The van der Waals surface area contributed by atoms with Gasteiger partial charge in [-0.05, 0) is 111 Å². The maximum absolute atomic E-state index is 13.4. The summed E-state index contributed by atoms with van der Waals surface area (Å²) in [6.07, 6.45) is 6.49. The van der Waals surface area contributed by atoms with Crippen molar-refractivity contribution in [2.24, 2.45) is 11.3 Å². The minimum absolute atomic E-state index is 0.0999. The molecule has 14 heteroatoms. The molecule has 1 spiro atoms. The van der Waals surface area contributed by atoms with E-state index in [1.807, 2.05) is 42.6 Å². The Kier molecular flexibility index (Phi) is 10.8. The molecule has 4 saturated heterocycles. The number of aromatic nitrogens is 2. The topological polar surface area (TPSA) is 133 Å². The second-order valence-corrected chi connectivity index (χ2v) is 18.3. The number of hydrogen-bond acceptors (Lipinski definition) is 10. The Labute approximate surface area is 360 Å². The molecule has 4 aromatic rings. The normalized spacial score (nSPS) is 20.7. The number of halogens is 1. The first-order valence-corrected chi connectivity index (χ1v) is 21.6. The van der Waals surface area contributed by atoms with E-state index in [2.05, 4.69) is 55.8 Å². The average Bonchev–Trinajstić information content (AvgIpc) is 3.50. The summed E-state index contributed by atoms with van der Waals surface area (Å²) in [4.78, 5) is 71.9. The van der Waals surface area contributed by atoms with Crippen LogP contribution in [0.25, 0.3) is 4.85 Å². The number of carbonyl (C=O) groups is 4. The summed E-state index contributed by atoms with van der Waals surface area (Å²) in [7, 11) is 0. The number of nitrogens with one attached hydrogen (secondary N) is 1. The lowest BCUT2D eigenvalue weighted by molar-refractivity contribution is -0.136. The molecule has 9 rings (SSSR count). The predicted molar refractivity (Wildman–Crippen MR) is 231 cm³/mol. The lowest BCUT2D eigenvalue weighted by Crippen LogP contribution is -2.61. The molecular weight excluding hydrogens is 792 g/mol. The van der Waals surface area contributed by atoms with Crippen molar-refractivity contribution >= 4 is 52.6 Å². The van der Waals surface area contributed by atoms with Gasteiger partial charge in [0.1, 0.15) is 18.4 Å². The molecule has 0 aliphatic carbocycles. The van der Waals surface area contributed by atoms with Gasteiger partial charge < -0.3 is 19.4 Å². The Morgan fingerprint density at radius 1 is 0.869 bits per heavy atom. The van der Waals surface area contributed by atoms with E-state index in [0.29, 0.717) is 39.8 Å². The molecule has 4 fully saturated rings. The Balaban J connectivity index is 0.717. The highest BCUT2D eigenvalue weighted by atomic mass is 35.5. The number of amides is 4. The van der Waals surface area contributed by atoms with Crippen LogP contribution >= 0.6 is 11.6 Å². The molecule has 3 aromatic carbocycles. The van der Waals surface area contributed by atoms with Crippen molar-refractivity contribution in [3.63, 3.8) is 0 Å². The first-order chi connectivity index (χ1) is 29.4. The molecule has 0 radical (unpaired) electrons. The van der Waals surface area contributed by atoms with Crippen LogP contribution in [0.4, 0.5) is 17.3 Å². The predicted octanol–water partition coefficient (Wildman–Crippen LogP) is 6.81. The highest BCUT2D eigenvalue weighted by Crippen LogP contribution is 2.42. The fraction of sp³-hybridized carbons (Fsp3) is 0.426. The molecular formula is C47H49ClN8O5. The lowest BCUT2D eigenvalue weighted by atomic mass is 9.72. The number of nitrogens with zero attached hydrogens (tertiary/aromatic N) is 7. The monoisotopic (exact) mass is 840 g/mol. The number of hydrogen-bond donors (Lipinski definition) is 1. The van der Waals surface area contributed by atoms with E-state index in [9.17, 15) is 19.2 Å². The molecule has 5 aliphatic heterocycles. The van der Waals surface area contributed by atoms with Crippen LogP contribution in [-0.4, -0.2) is 95.3 Å². The maximum Gasteiger partial charge on any atom is 0.262 e. The van der Waals surface area contributed by atoms with Gasteiger partial charge in [-0.15, -0.1) is 0 Å². The Hall–Kier alpha value is -5.84. The Morgan fingerprint density at radius 2 is 1.61 bits per heavy atom. The van der Waals surface area contributed by atoms with E-state index in [-0.39, 0.29) is 24.2 Å². The Bertz CT molecular complexity index is 2430. The summed E-state index contributed by atoms with van der Waals surface area (Å²) in [6.45, 7) is 18.9. The van der Waals surface area contributed by atoms with E-state index in [1.165, 1.54) is 0 Å². The van der Waals surface area contributed by atoms with Gasteiger partial charge in [-0.25, -0.2) is 14.8 Å². The molecule has 0 saturated carbocycles. The van der Waals surface area contributed by atoms with Crippen LogP contribution in [0, 0.1) is 17.9 Å². The van der Waals surface area contributed by atoms with Crippen LogP contribution in [0.3, 0.4) is 0 Å². The minimum atomic E-state index is -0.963. The van der Waals surface area contributed by atoms with E-state index in [0.717, 1.165) is 111 Å². The molecule has 4 amide bonds. The maximum atomic E-state index is 13.4. The van der Waals surface area contributed by atoms with Crippen molar-refractivity contribution in [3.05, 3.63) is 117 Å². The standard InChI is InChI=1S/C47H49ClN8O5/c1-46(2,32-22-33(48)24-35(23-32)49-3)31-4-7-37(8-5-31)61-27-34-12-17-50-45(51-34)55-28-47(29-55)15-20-53(21-16-47)26-30-13-18-54(19-14-30)36-6-9-38-39(25-36)44(60)56(43(38)59)40-10-11-41(57)52-42(40)58/h4-9,12,17,22-25,30,40H,10-11,13-16,18-21,26-29H2,1-2H3,(H,52,57,58). The number of piperidine rings is 3. The molecule has 1 N–H and O–H groups in total. The van der Waals surface area contributed by atoms with Crippen molar-refractivity contribution in [2.75, 3.05) is 55.6 Å². The average molecular weight is 841 g/mol. The van der Waals surface area contributed by atoms with Crippen molar-refractivity contribution in [2.45, 2.75) is 70.4 Å². The molecule has 314 valence electrons. The third kappa shape index (κ3) is 8.07. The smallest absolute Gasteiger partial charge is 0.262 e. The number of benzene rings is 3. The van der Waals surface area contributed by atoms with Gasteiger partial charge in [-0.1, -0.05) is 43.6 Å². The highest BCUT2D eigenvalue weighted by Gasteiger charge is 2.47. The number of fused-ring (bicyclic) bond motifs is 1. The molecule has 1 aromatic heterocycles. The van der Waals surface area contributed by atoms with E-state index in [1.54, 1.807) is 18.2 Å². The number of carbonyl (C=O) groups excluding carboxylic acids is 4. The summed E-state index contributed by atoms with van der Waals surface area (Å²) in [5.41, 5.74) is 4.95. The van der Waals surface area contributed by atoms with Gasteiger partial charge in [0, 0.05) is 66.9 Å². The van der Waals surface area contributed by atoms with E-state index >= 15 is 0 Å². The van der Waals surface area contributed by atoms with Crippen molar-refractivity contribution in [3.8, 4) is 5.75 Å². The zero-order chi connectivity index (χ0) is 42.5. The van der Waals surface area contributed by atoms with Crippen molar-refractivity contribution in [1.82, 2.24) is 25.1 Å². The minimum Gasteiger partial charge on any atom is -0.487 e. The molecule has 1 unspecified atom stereocenters. The fourth-order valence-corrected chi connectivity index (χ4v) is 9.96. The zero-order valence-electron chi connectivity index (χ0n) is 34.5. The van der Waals surface area contributed by atoms with Crippen LogP contribution in [0.1, 0.15) is 89.9 Å². The van der Waals surface area contributed by atoms with Crippen LogP contribution < -0.4 is 19.9 Å². The highest BCUT2D eigenvalue weighted by molar-refractivity contribution is 6.31. The number of rotatable bonds is 10. The third-order valence-electron chi connectivity index (χ3n) is 13.6. The van der Waals surface area contributed by atoms with Crippen LogP contribution in [-0.2, 0) is 21.6 Å². The molecule has 0 bridgehead atoms. The van der Waals surface area contributed by atoms with Crippen LogP contribution in [0.5, 0.6) is 5.75 Å². The number of imide groups is 2. The van der Waals surface area contributed by atoms with Gasteiger partial charge in [0.25, 0.3) is 11.8 Å². The third-order valence-corrected chi connectivity index (χ3v) is 13.8. The van der Waals surface area contributed by atoms with Crippen molar-refractivity contribution < 1.29 is 23.9 Å². The van der Waals surface area contributed by atoms with Gasteiger partial charge >= 0.3 is 0 Å². The molecule has 1 atom stereocenters. The molecule has 6 heterocycles. The summed E-state index contributed by atoms with van der Waals surface area (Å²) in [5, 5.41) is 2.81. The van der Waals surface area contributed by atoms with Crippen molar-refractivity contribution in [1.29, 1.82) is 0 Å². The number of ether oxygens (including phenoxy) is 1. The second-order valence-electron chi connectivity index (χ2n) is 17.9. The SMILES string of the molecule is [C-]#[N+]c1cc(Cl)cc(C(C)(C)c2ccc(OCc3ccnc(N4CC5(CCN(CC6CCN(c7ccc8c(c7)C(=O)N(C7CCC(=O)NC7=O)C8=O)CC6)CC5)C4)n3)cc2)c1. The quantitative estimate of drug-likeness (QED) is 0.134. The Morgan fingerprint density at radius 3 is 2.33 bits per heavy atom. The first-order valence-electron chi connectivity index (χ1n) is 21.2. The van der Waals surface area contributed by atoms with Crippen LogP contribution in [0.2, 0.25) is 5.02 Å². The summed E-state index contributed by atoms with van der Waals surface area (Å²) < 4.78 is 6.15. The fourth-order valence-electron chi connectivity index (χ4n) is 9.73.